The summed E-state index contributed by atoms with van der Waals surface area (Å²) in [6.07, 6.45) is 0.887. The molecule has 9 heteroatoms. The van der Waals surface area contributed by atoms with Crippen LogP contribution in [-0.4, -0.2) is 29.9 Å². The van der Waals surface area contributed by atoms with Crippen molar-refractivity contribution >= 4 is 44.1 Å². The standard InChI is InChI=1S/C46H44N8.Zn/c1-11-24-12-16-28-32(20-24)40-47-36(28)49-41-34-22-26(45(5,6)7)14-18-30(34)38(51-41)53-43-35-23-27(46(8,9)10)15-19-31(35)39(54-43)52-42-33-21-25(44(2,3)4)13-17-29(33)37(48-40)50-42;/h12-23H,11H2,1-10H3;/q-2;+2. The Balaban J connectivity index is 0.00000427. The van der Waals surface area contributed by atoms with Crippen LogP contribution in [0.5, 0.6) is 0 Å². The van der Waals surface area contributed by atoms with Gasteiger partial charge in [0.05, 0.1) is 23.3 Å². The zero-order valence-electron chi connectivity index (χ0n) is 33.4. The molecule has 8 nitrogen and oxygen atoms in total. The molecule has 2 aliphatic rings. The van der Waals surface area contributed by atoms with E-state index in [2.05, 4.69) is 142 Å². The zero-order valence-corrected chi connectivity index (χ0v) is 36.4. The summed E-state index contributed by atoms with van der Waals surface area (Å²) in [5.74, 6) is 2.26. The van der Waals surface area contributed by atoms with Crippen molar-refractivity contribution in [1.82, 2.24) is 39.9 Å². The second-order valence-corrected chi connectivity index (χ2v) is 17.7. The van der Waals surface area contributed by atoms with Crippen molar-refractivity contribution in [2.75, 3.05) is 0 Å². The van der Waals surface area contributed by atoms with E-state index < -0.39 is 0 Å². The zero-order chi connectivity index (χ0) is 37.9. The van der Waals surface area contributed by atoms with Gasteiger partial charge in [-0.2, -0.15) is 0 Å². The Morgan fingerprint density at radius 2 is 0.764 bits per heavy atom. The van der Waals surface area contributed by atoms with Crippen LogP contribution < -0.4 is 9.97 Å². The molecule has 0 amide bonds. The van der Waals surface area contributed by atoms with E-state index in [9.17, 15) is 0 Å². The first-order valence-corrected chi connectivity index (χ1v) is 18.8. The maximum atomic E-state index is 5.23. The quantitative estimate of drug-likeness (QED) is 0.152. The third-order valence-corrected chi connectivity index (χ3v) is 10.8. The SMILES string of the molecule is CCc1ccc2c3nc4nc(nc5[n-]c(nc6nc(nc([n-]3)c2c1)-c1ccc(C(C)(C)C)cc1-6)c1ccc(C(C)(C)C)cc51)-c1ccc(C(C)(C)C)cc1-4.[Zn+2]. The van der Waals surface area contributed by atoms with Gasteiger partial charge in [0.15, 0.2) is 0 Å². The average Bonchev–Trinajstić information content (AvgIpc) is 3.84. The van der Waals surface area contributed by atoms with Crippen LogP contribution in [0.15, 0.2) is 72.8 Å². The molecule has 0 N–H and O–H groups in total. The number of aryl methyl sites for hydroxylation is 1. The van der Waals surface area contributed by atoms with E-state index in [0.717, 1.165) is 50.2 Å². The molecule has 7 aromatic rings. The summed E-state index contributed by atoms with van der Waals surface area (Å²) in [6.45, 7) is 22.1. The molecule has 5 heterocycles. The molecule has 0 aliphatic carbocycles. The summed E-state index contributed by atoms with van der Waals surface area (Å²) in [4.78, 5) is 41.4. The fourth-order valence-electron chi connectivity index (χ4n) is 7.33. The van der Waals surface area contributed by atoms with Gasteiger partial charge in [0.1, 0.15) is 0 Å². The normalized spacial score (nSPS) is 12.8. The van der Waals surface area contributed by atoms with Gasteiger partial charge in [-0.15, -0.1) is 0 Å². The predicted octanol–water partition coefficient (Wildman–Crippen LogP) is 10.6. The maximum absolute atomic E-state index is 5.23. The van der Waals surface area contributed by atoms with Gasteiger partial charge in [-0.05, 0) is 84.7 Å². The summed E-state index contributed by atoms with van der Waals surface area (Å²) < 4.78 is 0. The third-order valence-electron chi connectivity index (χ3n) is 10.8. The number of fused-ring (bicyclic) bond motifs is 20. The second-order valence-electron chi connectivity index (χ2n) is 17.7. The van der Waals surface area contributed by atoms with Crippen molar-refractivity contribution in [3.63, 3.8) is 0 Å². The number of aromatic nitrogens is 8. The number of benzene rings is 4. The molecule has 0 saturated heterocycles. The average molecular weight is 774 g/mol. The molecular weight excluding hydrogens is 730 g/mol. The maximum Gasteiger partial charge on any atom is 2.00 e. The van der Waals surface area contributed by atoms with Gasteiger partial charge in [0.25, 0.3) is 0 Å². The van der Waals surface area contributed by atoms with Crippen LogP contribution in [0.25, 0.3) is 89.7 Å². The van der Waals surface area contributed by atoms with Crippen molar-refractivity contribution in [2.45, 2.75) is 91.9 Å². The molecule has 0 atom stereocenters. The van der Waals surface area contributed by atoms with Gasteiger partial charge in [-0.3, -0.25) is 0 Å². The van der Waals surface area contributed by atoms with Crippen molar-refractivity contribution in [3.05, 3.63) is 95.1 Å². The molecule has 4 aromatic carbocycles. The summed E-state index contributed by atoms with van der Waals surface area (Å²) >= 11 is 0. The van der Waals surface area contributed by atoms with Gasteiger partial charge in [-0.25, -0.2) is 9.97 Å². The minimum Gasteiger partial charge on any atom is -0.357 e. The van der Waals surface area contributed by atoms with Crippen LogP contribution in [0.3, 0.4) is 0 Å². The van der Waals surface area contributed by atoms with Crippen LogP contribution in [0.2, 0.25) is 0 Å². The molecule has 0 spiro atoms. The van der Waals surface area contributed by atoms with Crippen LogP contribution in [0.1, 0.15) is 91.5 Å². The van der Waals surface area contributed by atoms with Crippen LogP contribution in [-0.2, 0) is 42.1 Å². The molecule has 0 unspecified atom stereocenters. The number of hydrogen-bond acceptors (Lipinski definition) is 6. The summed E-state index contributed by atoms with van der Waals surface area (Å²) in [7, 11) is 0. The first kappa shape index (κ1) is 36.8. The Bertz CT molecular complexity index is 2860. The minimum atomic E-state index is -0.0783. The Hall–Kier alpha value is -5.14. The number of nitrogens with zero attached hydrogens (tertiary/aromatic N) is 8. The van der Waals surface area contributed by atoms with Crippen molar-refractivity contribution in [3.8, 4) is 45.6 Å². The molecule has 8 bridgehead atoms. The van der Waals surface area contributed by atoms with E-state index >= 15 is 0 Å². The molecule has 0 saturated carbocycles. The Labute approximate surface area is 334 Å². The van der Waals surface area contributed by atoms with Gasteiger partial charge in [0, 0.05) is 44.8 Å². The third kappa shape index (κ3) is 6.27. The monoisotopic (exact) mass is 772 g/mol. The molecule has 270 valence electrons. The molecule has 0 fully saturated rings. The predicted molar refractivity (Wildman–Crippen MR) is 219 cm³/mol. The molecule has 55 heavy (non-hydrogen) atoms. The van der Waals surface area contributed by atoms with Gasteiger partial charge < -0.3 is 29.9 Å². The van der Waals surface area contributed by atoms with Crippen molar-refractivity contribution in [2.24, 2.45) is 0 Å². The fraction of sp³-hybridized carbons (Fsp3) is 0.304. The van der Waals surface area contributed by atoms with Gasteiger partial charge in [-0.1, -0.05) is 124 Å². The Kier molecular flexibility index (Phi) is 8.51. The van der Waals surface area contributed by atoms with Crippen LogP contribution in [0.4, 0.5) is 0 Å². The molecule has 9 rings (SSSR count). The minimum absolute atomic E-state index is 0. The van der Waals surface area contributed by atoms with Crippen LogP contribution in [0, 0.1) is 0 Å². The Morgan fingerprint density at radius 1 is 0.400 bits per heavy atom. The second kappa shape index (κ2) is 12.7. The van der Waals surface area contributed by atoms with Crippen LogP contribution >= 0.6 is 0 Å². The smallest absolute Gasteiger partial charge is 0.357 e. The first-order valence-electron chi connectivity index (χ1n) is 18.8. The number of rotatable bonds is 1. The molecule has 2 aliphatic heterocycles. The van der Waals surface area contributed by atoms with Crippen molar-refractivity contribution < 1.29 is 19.5 Å². The summed E-state index contributed by atoms with van der Waals surface area (Å²) in [5, 5.41) is 3.66. The Morgan fingerprint density at radius 3 is 1.20 bits per heavy atom. The van der Waals surface area contributed by atoms with E-state index in [1.54, 1.807) is 0 Å². The van der Waals surface area contributed by atoms with Gasteiger partial charge in [0.2, 0.25) is 0 Å². The van der Waals surface area contributed by atoms with Crippen molar-refractivity contribution in [1.29, 1.82) is 0 Å². The summed E-state index contributed by atoms with van der Waals surface area (Å²) in [5.41, 5.74) is 10.4. The van der Waals surface area contributed by atoms with E-state index in [1.807, 2.05) is 0 Å². The van der Waals surface area contributed by atoms with Gasteiger partial charge >= 0.3 is 19.5 Å². The molecule has 3 aromatic heterocycles. The largest absolute Gasteiger partial charge is 2.00 e. The van der Waals surface area contributed by atoms with E-state index in [0.29, 0.717) is 45.9 Å². The van der Waals surface area contributed by atoms with E-state index in [-0.39, 0.29) is 35.7 Å². The summed E-state index contributed by atoms with van der Waals surface area (Å²) in [6, 6.07) is 25.8. The first-order chi connectivity index (χ1) is 25.5. The fourth-order valence-corrected chi connectivity index (χ4v) is 7.33. The number of hydrogen-bond donors (Lipinski definition) is 0. The topological polar surface area (TPSA) is 106 Å². The van der Waals surface area contributed by atoms with E-state index in [1.165, 1.54) is 22.3 Å². The van der Waals surface area contributed by atoms with E-state index in [4.69, 9.17) is 39.9 Å². The molecular formula is C46H44N8Zn. The molecule has 0 radical (unpaired) electrons.